The summed E-state index contributed by atoms with van der Waals surface area (Å²) in [6.07, 6.45) is -0.00464. The van der Waals surface area contributed by atoms with Gasteiger partial charge in [-0.05, 0) is 25.5 Å². The Labute approximate surface area is 95.8 Å². The molecule has 0 heterocycles. The molecule has 0 aliphatic rings. The van der Waals surface area contributed by atoms with E-state index >= 15 is 0 Å². The first-order valence-electron chi connectivity index (χ1n) is 5.22. The third-order valence-corrected chi connectivity index (χ3v) is 2.52. The summed E-state index contributed by atoms with van der Waals surface area (Å²) in [5, 5.41) is 2.77. The molecule has 0 aliphatic carbocycles. The van der Waals surface area contributed by atoms with E-state index in [9.17, 15) is 4.79 Å². The third-order valence-electron chi connectivity index (χ3n) is 2.52. The number of hydrogen-bond donors (Lipinski definition) is 2. The Balaban J connectivity index is 2.70. The van der Waals surface area contributed by atoms with E-state index in [1.54, 1.807) is 13.2 Å². The summed E-state index contributed by atoms with van der Waals surface area (Å²) < 4.78 is 5.04. The zero-order valence-corrected chi connectivity index (χ0v) is 9.91. The van der Waals surface area contributed by atoms with Gasteiger partial charge in [-0.3, -0.25) is 4.79 Å². The number of rotatable bonds is 4. The lowest BCUT2D eigenvalue weighted by Crippen LogP contribution is -2.32. The summed E-state index contributed by atoms with van der Waals surface area (Å²) in [6.45, 7) is 4.24. The standard InChI is InChI=1S/C12H18N2O2/c1-8-5-4-6-10(11(8)13)12(15)14-7-9(2)16-3/h4-6,9H,7,13H2,1-3H3,(H,14,15). The molecule has 3 N–H and O–H groups in total. The van der Waals surface area contributed by atoms with Crippen LogP contribution in [0.5, 0.6) is 0 Å². The maximum Gasteiger partial charge on any atom is 0.253 e. The van der Waals surface area contributed by atoms with Crippen molar-refractivity contribution in [3.8, 4) is 0 Å². The number of para-hydroxylation sites is 1. The van der Waals surface area contributed by atoms with Crippen LogP contribution in [0.4, 0.5) is 5.69 Å². The molecule has 0 aromatic heterocycles. The minimum absolute atomic E-state index is 0.00464. The molecule has 1 aromatic rings. The highest BCUT2D eigenvalue weighted by molar-refractivity contribution is 5.99. The largest absolute Gasteiger partial charge is 0.398 e. The molecule has 1 atom stereocenters. The van der Waals surface area contributed by atoms with E-state index < -0.39 is 0 Å². The Morgan fingerprint density at radius 2 is 2.25 bits per heavy atom. The highest BCUT2D eigenvalue weighted by atomic mass is 16.5. The molecular weight excluding hydrogens is 204 g/mol. The fraction of sp³-hybridized carbons (Fsp3) is 0.417. The van der Waals surface area contributed by atoms with Crippen molar-refractivity contribution in [2.45, 2.75) is 20.0 Å². The van der Waals surface area contributed by atoms with Gasteiger partial charge in [-0.15, -0.1) is 0 Å². The number of carbonyl (C=O) groups is 1. The lowest BCUT2D eigenvalue weighted by atomic mass is 10.1. The zero-order chi connectivity index (χ0) is 12.1. The SMILES string of the molecule is COC(C)CNC(=O)c1cccc(C)c1N. The number of carbonyl (C=O) groups excluding carboxylic acids is 1. The van der Waals surface area contributed by atoms with Crippen molar-refractivity contribution in [1.29, 1.82) is 0 Å². The van der Waals surface area contributed by atoms with Gasteiger partial charge in [-0.2, -0.15) is 0 Å². The molecule has 1 amide bonds. The molecule has 0 saturated carbocycles. The average Bonchev–Trinajstić information content (AvgIpc) is 2.29. The molecule has 0 bridgehead atoms. The first-order valence-corrected chi connectivity index (χ1v) is 5.22. The smallest absolute Gasteiger partial charge is 0.253 e. The van der Waals surface area contributed by atoms with Gasteiger partial charge < -0.3 is 15.8 Å². The van der Waals surface area contributed by atoms with Gasteiger partial charge in [0.05, 0.1) is 11.7 Å². The van der Waals surface area contributed by atoms with E-state index in [4.69, 9.17) is 10.5 Å². The maximum absolute atomic E-state index is 11.8. The average molecular weight is 222 g/mol. The topological polar surface area (TPSA) is 64.3 Å². The molecule has 1 aromatic carbocycles. The number of nitrogens with one attached hydrogen (secondary N) is 1. The summed E-state index contributed by atoms with van der Waals surface area (Å²) in [4.78, 5) is 11.8. The van der Waals surface area contributed by atoms with Crippen molar-refractivity contribution in [2.75, 3.05) is 19.4 Å². The summed E-state index contributed by atoms with van der Waals surface area (Å²) >= 11 is 0. The van der Waals surface area contributed by atoms with E-state index in [2.05, 4.69) is 5.32 Å². The third kappa shape index (κ3) is 2.97. The monoisotopic (exact) mass is 222 g/mol. The molecule has 4 nitrogen and oxygen atoms in total. The van der Waals surface area contributed by atoms with Crippen LogP contribution in [-0.4, -0.2) is 25.7 Å². The minimum Gasteiger partial charge on any atom is -0.398 e. The van der Waals surface area contributed by atoms with Crippen molar-refractivity contribution in [2.24, 2.45) is 0 Å². The number of amides is 1. The van der Waals surface area contributed by atoms with Gasteiger partial charge in [0.15, 0.2) is 0 Å². The van der Waals surface area contributed by atoms with E-state index in [1.165, 1.54) is 0 Å². The van der Waals surface area contributed by atoms with Crippen molar-refractivity contribution in [1.82, 2.24) is 5.32 Å². The van der Waals surface area contributed by atoms with Crippen LogP contribution >= 0.6 is 0 Å². The molecule has 0 fully saturated rings. The van der Waals surface area contributed by atoms with Gasteiger partial charge in [0.25, 0.3) is 5.91 Å². The molecule has 16 heavy (non-hydrogen) atoms. The van der Waals surface area contributed by atoms with Crippen molar-refractivity contribution in [3.63, 3.8) is 0 Å². The van der Waals surface area contributed by atoms with Crippen LogP contribution in [0.1, 0.15) is 22.8 Å². The van der Waals surface area contributed by atoms with Gasteiger partial charge in [0.2, 0.25) is 0 Å². The molecule has 0 aliphatic heterocycles. The summed E-state index contributed by atoms with van der Waals surface area (Å²) in [6, 6.07) is 5.42. The Kier molecular flexibility index (Phi) is 4.31. The number of nitrogen functional groups attached to an aromatic ring is 1. The zero-order valence-electron chi connectivity index (χ0n) is 9.91. The molecule has 88 valence electrons. The molecule has 1 unspecified atom stereocenters. The van der Waals surface area contributed by atoms with Crippen LogP contribution in [0.2, 0.25) is 0 Å². The van der Waals surface area contributed by atoms with E-state index in [1.807, 2.05) is 26.0 Å². The fourth-order valence-corrected chi connectivity index (χ4v) is 1.29. The molecule has 0 saturated heterocycles. The number of nitrogens with two attached hydrogens (primary N) is 1. The Bertz CT molecular complexity index is 377. The number of anilines is 1. The van der Waals surface area contributed by atoms with Gasteiger partial charge in [-0.25, -0.2) is 0 Å². The first-order chi connectivity index (χ1) is 7.56. The quantitative estimate of drug-likeness (QED) is 0.756. The molecule has 1 rings (SSSR count). The van der Waals surface area contributed by atoms with Crippen molar-refractivity contribution >= 4 is 11.6 Å². The molecule has 4 heteroatoms. The van der Waals surface area contributed by atoms with Gasteiger partial charge in [0, 0.05) is 19.3 Å². The van der Waals surface area contributed by atoms with Gasteiger partial charge >= 0.3 is 0 Å². The fourth-order valence-electron chi connectivity index (χ4n) is 1.29. The predicted molar refractivity (Wildman–Crippen MR) is 64.4 cm³/mol. The number of benzene rings is 1. The first kappa shape index (κ1) is 12.5. The normalized spacial score (nSPS) is 12.2. The predicted octanol–water partition coefficient (Wildman–Crippen LogP) is 1.34. The Hall–Kier alpha value is -1.55. The van der Waals surface area contributed by atoms with Crippen LogP contribution in [0.3, 0.4) is 0 Å². The molecular formula is C12H18N2O2. The highest BCUT2D eigenvalue weighted by Crippen LogP contribution is 2.15. The van der Waals surface area contributed by atoms with Crippen LogP contribution < -0.4 is 11.1 Å². The summed E-state index contributed by atoms with van der Waals surface area (Å²) in [5.41, 5.74) is 7.79. The second-order valence-corrected chi connectivity index (χ2v) is 3.79. The minimum atomic E-state index is -0.162. The second kappa shape index (κ2) is 5.51. The maximum atomic E-state index is 11.8. The lowest BCUT2D eigenvalue weighted by molar-refractivity contribution is 0.0871. The highest BCUT2D eigenvalue weighted by Gasteiger charge is 2.11. The van der Waals surface area contributed by atoms with Crippen molar-refractivity contribution in [3.05, 3.63) is 29.3 Å². The molecule has 0 radical (unpaired) electrons. The number of aryl methyl sites for hydroxylation is 1. The Morgan fingerprint density at radius 3 is 2.88 bits per heavy atom. The van der Waals surface area contributed by atoms with Gasteiger partial charge in [-0.1, -0.05) is 12.1 Å². The van der Waals surface area contributed by atoms with Crippen LogP contribution in [-0.2, 0) is 4.74 Å². The second-order valence-electron chi connectivity index (χ2n) is 3.79. The Morgan fingerprint density at radius 1 is 1.56 bits per heavy atom. The van der Waals surface area contributed by atoms with E-state index in [0.29, 0.717) is 17.8 Å². The lowest BCUT2D eigenvalue weighted by Gasteiger charge is -2.12. The van der Waals surface area contributed by atoms with Gasteiger partial charge in [0.1, 0.15) is 0 Å². The number of ether oxygens (including phenoxy) is 1. The van der Waals surface area contributed by atoms with Crippen LogP contribution in [0.25, 0.3) is 0 Å². The summed E-state index contributed by atoms with van der Waals surface area (Å²) in [5.74, 6) is -0.162. The van der Waals surface area contributed by atoms with Crippen LogP contribution in [0.15, 0.2) is 18.2 Å². The molecule has 0 spiro atoms. The summed E-state index contributed by atoms with van der Waals surface area (Å²) in [7, 11) is 1.61. The van der Waals surface area contributed by atoms with Crippen molar-refractivity contribution < 1.29 is 9.53 Å². The van der Waals surface area contributed by atoms with Crippen LogP contribution in [0, 0.1) is 6.92 Å². The number of hydrogen-bond acceptors (Lipinski definition) is 3. The number of methoxy groups -OCH3 is 1. The van der Waals surface area contributed by atoms with E-state index in [0.717, 1.165) is 5.56 Å². The van der Waals surface area contributed by atoms with E-state index in [-0.39, 0.29) is 12.0 Å².